The van der Waals surface area contributed by atoms with Crippen molar-refractivity contribution in [3.05, 3.63) is 70.2 Å². The zero-order valence-corrected chi connectivity index (χ0v) is 16.8. The number of esters is 1. The number of nitrogens with zero attached hydrogens (tertiary/aromatic N) is 1. The number of nitrogens with one attached hydrogen (secondary N) is 1. The summed E-state index contributed by atoms with van der Waals surface area (Å²) in [4.78, 5) is 37.9. The first kappa shape index (κ1) is 21.4. The van der Waals surface area contributed by atoms with E-state index in [1.165, 1.54) is 11.8 Å². The number of hydrogen-bond acceptors (Lipinski definition) is 4. The van der Waals surface area contributed by atoms with Crippen LogP contribution in [0, 0.1) is 6.92 Å². The minimum Gasteiger partial charge on any atom is -0.454 e. The number of aryl methyl sites for hydroxylation is 1. The Kier molecular flexibility index (Phi) is 7.58. The van der Waals surface area contributed by atoms with Crippen LogP contribution in [0.2, 0.25) is 5.02 Å². The molecule has 6 nitrogen and oxygen atoms in total. The van der Waals surface area contributed by atoms with Crippen LogP contribution in [0.15, 0.2) is 48.5 Å². The van der Waals surface area contributed by atoms with Gasteiger partial charge in [-0.3, -0.25) is 9.59 Å². The van der Waals surface area contributed by atoms with Crippen molar-refractivity contribution < 1.29 is 19.1 Å². The molecule has 0 heterocycles. The lowest BCUT2D eigenvalue weighted by molar-refractivity contribution is -0.153. The minimum absolute atomic E-state index is 0.262. The summed E-state index contributed by atoms with van der Waals surface area (Å²) in [6.07, 6.45) is 0. The molecule has 148 valence electrons. The van der Waals surface area contributed by atoms with E-state index in [4.69, 9.17) is 16.3 Å². The van der Waals surface area contributed by atoms with Gasteiger partial charge in [-0.25, -0.2) is 4.79 Å². The van der Waals surface area contributed by atoms with Crippen LogP contribution >= 0.6 is 11.6 Å². The molecule has 2 amide bonds. The molecule has 28 heavy (non-hydrogen) atoms. The molecule has 2 aromatic rings. The molecule has 0 aliphatic rings. The van der Waals surface area contributed by atoms with Gasteiger partial charge in [0.25, 0.3) is 11.8 Å². The van der Waals surface area contributed by atoms with Crippen LogP contribution in [0.3, 0.4) is 0 Å². The third kappa shape index (κ3) is 6.09. The molecular weight excluding hydrogens is 380 g/mol. The van der Waals surface area contributed by atoms with Crippen molar-refractivity contribution in [1.29, 1.82) is 0 Å². The van der Waals surface area contributed by atoms with Crippen LogP contribution < -0.4 is 5.32 Å². The van der Waals surface area contributed by atoms with E-state index in [0.717, 1.165) is 11.1 Å². The largest absolute Gasteiger partial charge is 0.454 e. The highest BCUT2D eigenvalue weighted by molar-refractivity contribution is 6.33. The normalized spacial score (nSPS) is 11.4. The van der Waals surface area contributed by atoms with Crippen molar-refractivity contribution >= 4 is 29.4 Å². The SMILES string of the molecule is Cc1ccc(CN(C)C(=O)COC(=O)[C@H](C)NC(=O)c2ccccc2Cl)cc1. The molecule has 0 unspecified atom stereocenters. The highest BCUT2D eigenvalue weighted by atomic mass is 35.5. The second-order valence-corrected chi connectivity index (χ2v) is 6.93. The lowest BCUT2D eigenvalue weighted by Gasteiger charge is -2.18. The standard InChI is InChI=1S/C21H23ClN2O4/c1-14-8-10-16(11-9-14)12-24(3)19(25)13-28-21(27)15(2)23-20(26)17-6-4-5-7-18(17)22/h4-11,15H,12-13H2,1-3H3,(H,23,26)/t15-/m0/s1. The van der Waals surface area contributed by atoms with Crippen molar-refractivity contribution in [2.45, 2.75) is 26.4 Å². The van der Waals surface area contributed by atoms with Gasteiger partial charge < -0.3 is 15.0 Å². The van der Waals surface area contributed by atoms with Gasteiger partial charge in [-0.15, -0.1) is 0 Å². The number of benzene rings is 2. The third-order valence-electron chi connectivity index (χ3n) is 4.12. The first-order valence-corrected chi connectivity index (χ1v) is 9.17. The van der Waals surface area contributed by atoms with Gasteiger partial charge >= 0.3 is 5.97 Å². The molecular formula is C21H23ClN2O4. The van der Waals surface area contributed by atoms with Gasteiger partial charge in [-0.1, -0.05) is 53.6 Å². The Labute approximate surface area is 169 Å². The molecule has 0 spiro atoms. The number of carbonyl (C=O) groups excluding carboxylic acids is 3. The molecule has 0 aliphatic carbocycles. The van der Waals surface area contributed by atoms with Gasteiger partial charge in [-0.2, -0.15) is 0 Å². The first-order chi connectivity index (χ1) is 13.3. The summed E-state index contributed by atoms with van der Waals surface area (Å²) in [5.74, 6) is -1.52. The summed E-state index contributed by atoms with van der Waals surface area (Å²) in [6.45, 7) is 3.49. The van der Waals surface area contributed by atoms with Crippen LogP contribution in [0.4, 0.5) is 0 Å². The van der Waals surface area contributed by atoms with E-state index in [1.54, 1.807) is 31.3 Å². The van der Waals surface area contributed by atoms with Gasteiger partial charge in [0.2, 0.25) is 0 Å². The Morgan fingerprint density at radius 3 is 2.39 bits per heavy atom. The van der Waals surface area contributed by atoms with Gasteiger partial charge in [-0.05, 0) is 31.5 Å². The van der Waals surface area contributed by atoms with E-state index in [1.807, 2.05) is 31.2 Å². The predicted molar refractivity (Wildman–Crippen MR) is 107 cm³/mol. The highest BCUT2D eigenvalue weighted by Gasteiger charge is 2.21. The zero-order valence-electron chi connectivity index (χ0n) is 16.1. The number of rotatable bonds is 7. The van der Waals surface area contributed by atoms with Gasteiger partial charge in [0.05, 0.1) is 10.6 Å². The van der Waals surface area contributed by atoms with Crippen molar-refractivity contribution in [2.75, 3.05) is 13.7 Å². The third-order valence-corrected chi connectivity index (χ3v) is 4.45. The quantitative estimate of drug-likeness (QED) is 0.722. The van der Waals surface area contributed by atoms with E-state index in [0.29, 0.717) is 6.54 Å². The van der Waals surface area contributed by atoms with Crippen molar-refractivity contribution in [3.63, 3.8) is 0 Å². The molecule has 1 N–H and O–H groups in total. The van der Waals surface area contributed by atoms with E-state index in [2.05, 4.69) is 5.32 Å². The molecule has 1 atom stereocenters. The Bertz CT molecular complexity index is 852. The van der Waals surface area contributed by atoms with Crippen molar-refractivity contribution in [1.82, 2.24) is 10.2 Å². The summed E-state index contributed by atoms with van der Waals surface area (Å²) in [7, 11) is 1.64. The molecule has 2 aromatic carbocycles. The lowest BCUT2D eigenvalue weighted by atomic mass is 10.1. The molecule has 0 bridgehead atoms. The molecule has 0 saturated carbocycles. The summed E-state index contributed by atoms with van der Waals surface area (Å²) in [6, 6.07) is 13.4. The maximum Gasteiger partial charge on any atom is 0.328 e. The number of amides is 2. The highest BCUT2D eigenvalue weighted by Crippen LogP contribution is 2.14. The number of carbonyl (C=O) groups is 3. The maximum absolute atomic E-state index is 12.2. The predicted octanol–water partition coefficient (Wildman–Crippen LogP) is 2.97. The van der Waals surface area contributed by atoms with Gasteiger partial charge in [0, 0.05) is 13.6 Å². The average molecular weight is 403 g/mol. The number of ether oxygens (including phenoxy) is 1. The van der Waals surface area contributed by atoms with E-state index in [9.17, 15) is 14.4 Å². The fourth-order valence-electron chi connectivity index (χ4n) is 2.40. The summed E-state index contributed by atoms with van der Waals surface area (Å²) < 4.78 is 5.03. The van der Waals surface area contributed by atoms with E-state index >= 15 is 0 Å². The second kappa shape index (κ2) is 9.90. The molecule has 7 heteroatoms. The molecule has 0 radical (unpaired) electrons. The fraction of sp³-hybridized carbons (Fsp3) is 0.286. The second-order valence-electron chi connectivity index (χ2n) is 6.52. The van der Waals surface area contributed by atoms with Gasteiger partial charge in [0.15, 0.2) is 6.61 Å². The zero-order chi connectivity index (χ0) is 20.7. The Balaban J connectivity index is 1.81. The van der Waals surface area contributed by atoms with E-state index < -0.39 is 24.5 Å². The lowest BCUT2D eigenvalue weighted by Crippen LogP contribution is -2.41. The Hall–Kier alpha value is -2.86. The summed E-state index contributed by atoms with van der Waals surface area (Å²) in [5, 5.41) is 2.80. The van der Waals surface area contributed by atoms with Crippen LogP contribution in [-0.4, -0.2) is 42.4 Å². The topological polar surface area (TPSA) is 75.7 Å². The van der Waals surface area contributed by atoms with Crippen LogP contribution in [-0.2, 0) is 20.9 Å². The number of halogens is 1. The number of hydrogen-bond donors (Lipinski definition) is 1. The molecule has 2 rings (SSSR count). The number of likely N-dealkylation sites (N-methyl/N-ethyl adjacent to an activating group) is 1. The van der Waals surface area contributed by atoms with Gasteiger partial charge in [0.1, 0.15) is 6.04 Å². The van der Waals surface area contributed by atoms with Crippen LogP contribution in [0.5, 0.6) is 0 Å². The van der Waals surface area contributed by atoms with E-state index in [-0.39, 0.29) is 16.5 Å². The fourth-order valence-corrected chi connectivity index (χ4v) is 2.62. The van der Waals surface area contributed by atoms with Crippen LogP contribution in [0.25, 0.3) is 0 Å². The Morgan fingerprint density at radius 1 is 1.11 bits per heavy atom. The average Bonchev–Trinajstić information content (AvgIpc) is 2.67. The molecule has 0 aromatic heterocycles. The minimum atomic E-state index is -0.918. The maximum atomic E-state index is 12.2. The van der Waals surface area contributed by atoms with Crippen molar-refractivity contribution in [3.8, 4) is 0 Å². The first-order valence-electron chi connectivity index (χ1n) is 8.79. The molecule has 0 aliphatic heterocycles. The monoisotopic (exact) mass is 402 g/mol. The van der Waals surface area contributed by atoms with Crippen LogP contribution in [0.1, 0.15) is 28.4 Å². The van der Waals surface area contributed by atoms with Crippen molar-refractivity contribution in [2.24, 2.45) is 0 Å². The molecule has 0 fully saturated rings. The molecule has 0 saturated heterocycles. The summed E-state index contributed by atoms with van der Waals surface area (Å²) >= 11 is 5.97. The smallest absolute Gasteiger partial charge is 0.328 e. The summed E-state index contributed by atoms with van der Waals surface area (Å²) in [5.41, 5.74) is 2.38. The Morgan fingerprint density at radius 2 is 1.75 bits per heavy atom.